The van der Waals surface area contributed by atoms with Crippen LogP contribution >= 0.6 is 22.9 Å². The van der Waals surface area contributed by atoms with Crippen molar-refractivity contribution in [1.29, 1.82) is 0 Å². The van der Waals surface area contributed by atoms with E-state index < -0.39 is 0 Å². The lowest BCUT2D eigenvalue weighted by Gasteiger charge is -2.23. The van der Waals surface area contributed by atoms with Crippen LogP contribution < -0.4 is 5.32 Å². The molecule has 1 atom stereocenters. The lowest BCUT2D eigenvalue weighted by Crippen LogP contribution is -2.36. The highest BCUT2D eigenvalue weighted by molar-refractivity contribution is 7.16. The molecule has 2 fully saturated rings. The van der Waals surface area contributed by atoms with Gasteiger partial charge in [-0.3, -0.25) is 9.59 Å². The first-order valence-corrected chi connectivity index (χ1v) is 8.64. The van der Waals surface area contributed by atoms with E-state index in [1.54, 1.807) is 0 Å². The monoisotopic (exact) mass is 326 g/mol. The number of halogens is 1. The van der Waals surface area contributed by atoms with Gasteiger partial charge in [0.05, 0.1) is 16.8 Å². The minimum absolute atomic E-state index is 0.0200. The van der Waals surface area contributed by atoms with Crippen LogP contribution in [0.2, 0.25) is 4.34 Å². The third-order valence-corrected chi connectivity index (χ3v) is 5.59. The Kier molecular flexibility index (Phi) is 4.50. The molecule has 1 aromatic rings. The lowest BCUT2D eigenvalue weighted by molar-refractivity contribution is -0.130. The van der Waals surface area contributed by atoms with Crippen LogP contribution in [0.25, 0.3) is 0 Å². The molecule has 2 amide bonds. The number of hydrogen-bond donors (Lipinski definition) is 1. The summed E-state index contributed by atoms with van der Waals surface area (Å²) in [7, 11) is 0. The van der Waals surface area contributed by atoms with E-state index >= 15 is 0 Å². The number of likely N-dealkylation sites (tertiary alicyclic amines) is 1. The van der Waals surface area contributed by atoms with Crippen LogP contribution in [0, 0.1) is 5.92 Å². The summed E-state index contributed by atoms with van der Waals surface area (Å²) in [6, 6.07) is 4.11. The zero-order chi connectivity index (χ0) is 14.8. The van der Waals surface area contributed by atoms with Crippen molar-refractivity contribution in [2.75, 3.05) is 6.54 Å². The van der Waals surface area contributed by atoms with Crippen molar-refractivity contribution in [2.45, 2.75) is 44.7 Å². The number of nitrogens with zero attached hydrogens (tertiary/aromatic N) is 1. The van der Waals surface area contributed by atoms with E-state index in [0.717, 1.165) is 22.1 Å². The first-order valence-electron chi connectivity index (χ1n) is 7.45. The van der Waals surface area contributed by atoms with E-state index in [1.807, 2.05) is 17.0 Å². The van der Waals surface area contributed by atoms with Crippen molar-refractivity contribution < 1.29 is 9.59 Å². The standard InChI is InChI=1S/C15H19ClN2O2S/c16-13-6-5-12(21-13)8-17-15(20)10-7-14(19)18(9-10)11-3-1-2-4-11/h5-6,10-11H,1-4,7-9H2,(H,17,20)/t10-/m1/s1. The summed E-state index contributed by atoms with van der Waals surface area (Å²) in [6.45, 7) is 1.07. The molecule has 3 rings (SSSR count). The van der Waals surface area contributed by atoms with Gasteiger partial charge in [-0.1, -0.05) is 24.4 Å². The number of thiophene rings is 1. The van der Waals surface area contributed by atoms with Crippen LogP contribution in [0.5, 0.6) is 0 Å². The third kappa shape index (κ3) is 3.40. The molecule has 0 aromatic carbocycles. The second-order valence-electron chi connectivity index (χ2n) is 5.81. The predicted octanol–water partition coefficient (Wildman–Crippen LogP) is 2.81. The number of nitrogens with one attached hydrogen (secondary N) is 1. The van der Waals surface area contributed by atoms with Crippen LogP contribution in [0.15, 0.2) is 12.1 Å². The summed E-state index contributed by atoms with van der Waals surface area (Å²) in [5.41, 5.74) is 0. The molecule has 1 aromatic heterocycles. The average Bonchev–Trinajstić information content (AvgIpc) is 3.16. The van der Waals surface area contributed by atoms with E-state index in [9.17, 15) is 9.59 Å². The van der Waals surface area contributed by atoms with E-state index in [2.05, 4.69) is 5.32 Å². The Labute approximate surface area is 133 Å². The minimum atomic E-state index is -0.200. The Morgan fingerprint density at radius 1 is 1.38 bits per heavy atom. The fraction of sp³-hybridized carbons (Fsp3) is 0.600. The van der Waals surface area contributed by atoms with E-state index in [4.69, 9.17) is 11.6 Å². The Morgan fingerprint density at radius 3 is 2.81 bits per heavy atom. The molecule has 1 N–H and O–H groups in total. The van der Waals surface area contributed by atoms with E-state index in [0.29, 0.717) is 25.6 Å². The molecule has 1 aliphatic carbocycles. The normalized spacial score (nSPS) is 23.0. The molecule has 6 heteroatoms. The summed E-state index contributed by atoms with van der Waals surface area (Å²) in [6.07, 6.45) is 4.93. The fourth-order valence-corrected chi connectivity index (χ4v) is 4.27. The van der Waals surface area contributed by atoms with Crippen LogP contribution in [-0.2, 0) is 16.1 Å². The van der Waals surface area contributed by atoms with Crippen molar-refractivity contribution in [3.63, 3.8) is 0 Å². The Bertz CT molecular complexity index is 540. The molecule has 2 aliphatic rings. The summed E-state index contributed by atoms with van der Waals surface area (Å²) in [4.78, 5) is 27.3. The molecule has 1 saturated heterocycles. The maximum Gasteiger partial charge on any atom is 0.225 e. The fourth-order valence-electron chi connectivity index (χ4n) is 3.24. The van der Waals surface area contributed by atoms with Gasteiger partial charge in [-0.2, -0.15) is 0 Å². The Balaban J connectivity index is 1.52. The van der Waals surface area contributed by atoms with Crippen molar-refractivity contribution in [3.8, 4) is 0 Å². The van der Waals surface area contributed by atoms with Gasteiger partial charge < -0.3 is 10.2 Å². The smallest absolute Gasteiger partial charge is 0.225 e. The largest absolute Gasteiger partial charge is 0.351 e. The zero-order valence-corrected chi connectivity index (χ0v) is 13.4. The van der Waals surface area contributed by atoms with Gasteiger partial charge in [-0.25, -0.2) is 0 Å². The molecule has 1 aliphatic heterocycles. The molecule has 114 valence electrons. The lowest BCUT2D eigenvalue weighted by atomic mass is 10.1. The third-order valence-electron chi connectivity index (χ3n) is 4.36. The molecule has 0 bridgehead atoms. The highest BCUT2D eigenvalue weighted by Gasteiger charge is 2.38. The van der Waals surface area contributed by atoms with Gasteiger partial charge >= 0.3 is 0 Å². The summed E-state index contributed by atoms with van der Waals surface area (Å²) >= 11 is 7.34. The van der Waals surface area contributed by atoms with Gasteiger partial charge in [0, 0.05) is 23.9 Å². The maximum atomic E-state index is 12.2. The number of rotatable bonds is 4. The highest BCUT2D eigenvalue weighted by Crippen LogP contribution is 2.29. The first-order chi connectivity index (χ1) is 10.1. The average molecular weight is 327 g/mol. The van der Waals surface area contributed by atoms with Gasteiger partial charge in [0.2, 0.25) is 11.8 Å². The van der Waals surface area contributed by atoms with Crippen molar-refractivity contribution >= 4 is 34.8 Å². The van der Waals surface area contributed by atoms with Gasteiger partial charge in [0.25, 0.3) is 0 Å². The topological polar surface area (TPSA) is 49.4 Å². The van der Waals surface area contributed by atoms with Gasteiger partial charge in [-0.05, 0) is 25.0 Å². The van der Waals surface area contributed by atoms with Crippen molar-refractivity contribution in [2.24, 2.45) is 5.92 Å². The Hall–Kier alpha value is -1.07. The van der Waals surface area contributed by atoms with Crippen LogP contribution in [0.4, 0.5) is 0 Å². The highest BCUT2D eigenvalue weighted by atomic mass is 35.5. The van der Waals surface area contributed by atoms with E-state index in [-0.39, 0.29) is 17.7 Å². The molecule has 21 heavy (non-hydrogen) atoms. The molecule has 2 heterocycles. The van der Waals surface area contributed by atoms with Gasteiger partial charge in [-0.15, -0.1) is 11.3 Å². The molecule has 4 nitrogen and oxygen atoms in total. The van der Waals surface area contributed by atoms with Gasteiger partial charge in [0.15, 0.2) is 0 Å². The van der Waals surface area contributed by atoms with Gasteiger partial charge in [0.1, 0.15) is 0 Å². The van der Waals surface area contributed by atoms with Crippen molar-refractivity contribution in [3.05, 3.63) is 21.3 Å². The summed E-state index contributed by atoms with van der Waals surface area (Å²) in [5, 5.41) is 2.92. The zero-order valence-electron chi connectivity index (χ0n) is 11.8. The van der Waals surface area contributed by atoms with Crippen LogP contribution in [0.3, 0.4) is 0 Å². The number of carbonyl (C=O) groups is 2. The minimum Gasteiger partial charge on any atom is -0.351 e. The number of carbonyl (C=O) groups excluding carboxylic acids is 2. The molecule has 0 radical (unpaired) electrons. The quantitative estimate of drug-likeness (QED) is 0.925. The second-order valence-corrected chi connectivity index (χ2v) is 7.61. The molecular weight excluding hydrogens is 308 g/mol. The second kappa shape index (κ2) is 6.36. The number of amides is 2. The molecular formula is C15H19ClN2O2S. The molecule has 0 unspecified atom stereocenters. The Morgan fingerprint density at radius 2 is 2.14 bits per heavy atom. The summed E-state index contributed by atoms with van der Waals surface area (Å²) in [5.74, 6) is -0.0804. The maximum absolute atomic E-state index is 12.2. The SMILES string of the molecule is O=C(NCc1ccc(Cl)s1)[C@@H]1CC(=O)N(C2CCCC2)C1. The van der Waals surface area contributed by atoms with Crippen molar-refractivity contribution in [1.82, 2.24) is 10.2 Å². The molecule has 0 spiro atoms. The van der Waals surface area contributed by atoms with E-state index in [1.165, 1.54) is 24.2 Å². The predicted molar refractivity (Wildman–Crippen MR) is 83.3 cm³/mol. The van der Waals surface area contributed by atoms with Crippen LogP contribution in [-0.4, -0.2) is 29.3 Å². The molecule has 1 saturated carbocycles. The van der Waals surface area contributed by atoms with Crippen LogP contribution in [0.1, 0.15) is 37.0 Å². The first kappa shape index (κ1) is 14.9. The number of hydrogen-bond acceptors (Lipinski definition) is 3. The summed E-state index contributed by atoms with van der Waals surface area (Å²) < 4.78 is 0.725.